The van der Waals surface area contributed by atoms with Crippen molar-refractivity contribution in [2.75, 3.05) is 18.1 Å². The minimum atomic E-state index is -0.117. The number of aliphatic imine (C=N–C) groups is 1. The zero-order valence-corrected chi connectivity index (χ0v) is 16.7. The Kier molecular flexibility index (Phi) is 4.94. The van der Waals surface area contributed by atoms with E-state index in [0.29, 0.717) is 29.0 Å². The summed E-state index contributed by atoms with van der Waals surface area (Å²) in [6.07, 6.45) is 5.22. The molecule has 5 rings (SSSR count). The fraction of sp³-hybridized carbons (Fsp3) is 0.0870. The Bertz CT molecular complexity index is 1150. The van der Waals surface area contributed by atoms with Crippen molar-refractivity contribution in [1.29, 1.82) is 0 Å². The van der Waals surface area contributed by atoms with Crippen LogP contribution in [0.2, 0.25) is 0 Å². The molecule has 0 aliphatic carbocycles. The summed E-state index contributed by atoms with van der Waals surface area (Å²) in [6.45, 7) is 1.06. The number of anilines is 1. The molecule has 1 saturated heterocycles. The molecule has 2 aliphatic heterocycles. The third-order valence-corrected chi connectivity index (χ3v) is 5.54. The summed E-state index contributed by atoms with van der Waals surface area (Å²) in [7, 11) is 0. The zero-order valence-electron chi connectivity index (χ0n) is 15.9. The van der Waals surface area contributed by atoms with E-state index in [1.54, 1.807) is 17.3 Å². The lowest BCUT2D eigenvalue weighted by atomic mass is 10.1. The molecule has 148 valence electrons. The number of fused-ring (bicyclic) bond motifs is 1. The van der Waals surface area contributed by atoms with Gasteiger partial charge in [-0.1, -0.05) is 24.3 Å². The molecule has 6 nitrogen and oxygen atoms in total. The van der Waals surface area contributed by atoms with Crippen LogP contribution in [0.15, 0.2) is 83.0 Å². The van der Waals surface area contributed by atoms with Gasteiger partial charge in [0.05, 0.1) is 16.3 Å². The van der Waals surface area contributed by atoms with E-state index in [1.165, 1.54) is 11.8 Å². The lowest BCUT2D eigenvalue weighted by molar-refractivity contribution is -0.113. The second-order valence-corrected chi connectivity index (χ2v) is 7.60. The lowest BCUT2D eigenvalue weighted by Gasteiger charge is -2.18. The topological polar surface area (TPSA) is 64.0 Å². The fourth-order valence-electron chi connectivity index (χ4n) is 3.18. The molecule has 0 bridgehead atoms. The summed E-state index contributed by atoms with van der Waals surface area (Å²) >= 11 is 1.34. The summed E-state index contributed by atoms with van der Waals surface area (Å²) in [6, 6.07) is 18.8. The van der Waals surface area contributed by atoms with Gasteiger partial charge >= 0.3 is 0 Å². The minimum absolute atomic E-state index is 0.117. The molecule has 30 heavy (non-hydrogen) atoms. The Morgan fingerprint density at radius 1 is 0.967 bits per heavy atom. The van der Waals surface area contributed by atoms with Gasteiger partial charge in [-0.05, 0) is 59.8 Å². The zero-order chi connectivity index (χ0) is 20.3. The van der Waals surface area contributed by atoms with Crippen LogP contribution in [0.1, 0.15) is 5.56 Å². The fourth-order valence-corrected chi connectivity index (χ4v) is 4.18. The number of benzene rings is 2. The van der Waals surface area contributed by atoms with Crippen LogP contribution >= 0.6 is 11.8 Å². The standard InChI is InChI=1S/C23H17N3O3S/c27-22-21(15-16-6-7-19-20(14-16)29-13-12-28-19)30-23(25-17-8-10-24-11-9-17)26(22)18-4-2-1-3-5-18/h1-11,14-15H,12-13H2/b21-15-,25-23?. The van der Waals surface area contributed by atoms with Crippen LogP contribution in [0.3, 0.4) is 0 Å². The average molecular weight is 415 g/mol. The largest absolute Gasteiger partial charge is 0.486 e. The summed E-state index contributed by atoms with van der Waals surface area (Å²) in [5.41, 5.74) is 2.38. The molecule has 1 fully saturated rings. The summed E-state index contributed by atoms with van der Waals surface area (Å²) < 4.78 is 11.2. The molecule has 0 spiro atoms. The lowest BCUT2D eigenvalue weighted by Crippen LogP contribution is -2.28. The smallest absolute Gasteiger partial charge is 0.271 e. The van der Waals surface area contributed by atoms with Gasteiger partial charge in [-0.25, -0.2) is 4.99 Å². The van der Waals surface area contributed by atoms with Crippen LogP contribution in [0.5, 0.6) is 11.5 Å². The number of pyridine rings is 1. The van der Waals surface area contributed by atoms with Gasteiger partial charge in [0.1, 0.15) is 13.2 Å². The molecule has 0 atom stereocenters. The monoisotopic (exact) mass is 415 g/mol. The van der Waals surface area contributed by atoms with Gasteiger partial charge in [0, 0.05) is 12.4 Å². The van der Waals surface area contributed by atoms with Gasteiger partial charge in [-0.15, -0.1) is 0 Å². The predicted molar refractivity (Wildman–Crippen MR) is 118 cm³/mol. The van der Waals surface area contributed by atoms with Crippen LogP contribution < -0.4 is 14.4 Å². The maximum Gasteiger partial charge on any atom is 0.271 e. The van der Waals surface area contributed by atoms with Crippen LogP contribution in [-0.4, -0.2) is 29.3 Å². The molecule has 7 heteroatoms. The van der Waals surface area contributed by atoms with Crippen molar-refractivity contribution in [1.82, 2.24) is 4.98 Å². The van der Waals surface area contributed by atoms with Gasteiger partial charge in [0.25, 0.3) is 5.91 Å². The number of thioether (sulfide) groups is 1. The van der Waals surface area contributed by atoms with Gasteiger partial charge < -0.3 is 9.47 Å². The molecule has 3 aromatic rings. The van der Waals surface area contributed by atoms with Crippen molar-refractivity contribution >= 4 is 40.3 Å². The van der Waals surface area contributed by atoms with E-state index in [2.05, 4.69) is 9.98 Å². The number of amidine groups is 1. The number of para-hydroxylation sites is 1. The molecular formula is C23H17N3O3S. The molecule has 0 unspecified atom stereocenters. The van der Waals surface area contributed by atoms with Crippen molar-refractivity contribution in [2.24, 2.45) is 4.99 Å². The number of aromatic nitrogens is 1. The molecule has 3 heterocycles. The normalized spacial score (nSPS) is 18.3. The third kappa shape index (κ3) is 3.67. The first-order valence-electron chi connectivity index (χ1n) is 9.45. The van der Waals surface area contributed by atoms with Crippen LogP contribution in [0.4, 0.5) is 11.4 Å². The van der Waals surface area contributed by atoms with E-state index in [1.807, 2.05) is 66.7 Å². The van der Waals surface area contributed by atoms with E-state index < -0.39 is 0 Å². The molecule has 1 aromatic heterocycles. The van der Waals surface area contributed by atoms with E-state index in [0.717, 1.165) is 22.7 Å². The SMILES string of the molecule is O=C1/C(=C/c2ccc3c(c2)OCCO3)SC(=Nc2ccncc2)N1c1ccccc1. The van der Waals surface area contributed by atoms with Crippen molar-refractivity contribution < 1.29 is 14.3 Å². The number of nitrogens with zero attached hydrogens (tertiary/aromatic N) is 3. The molecule has 1 amide bonds. The summed E-state index contributed by atoms with van der Waals surface area (Å²) in [5, 5.41) is 0.598. The Morgan fingerprint density at radius 2 is 1.73 bits per heavy atom. The van der Waals surface area contributed by atoms with Gasteiger partial charge in [0.2, 0.25) is 0 Å². The first kappa shape index (κ1) is 18.4. The Balaban J connectivity index is 1.53. The number of hydrogen-bond donors (Lipinski definition) is 0. The summed E-state index contributed by atoms with van der Waals surface area (Å²) in [5.74, 6) is 1.30. The highest BCUT2D eigenvalue weighted by molar-refractivity contribution is 8.19. The van der Waals surface area contributed by atoms with Crippen molar-refractivity contribution in [3.8, 4) is 11.5 Å². The molecular weight excluding hydrogens is 398 g/mol. The quantitative estimate of drug-likeness (QED) is 0.582. The molecule has 0 saturated carbocycles. The number of ether oxygens (including phenoxy) is 2. The molecule has 0 N–H and O–H groups in total. The second-order valence-electron chi connectivity index (χ2n) is 6.59. The Hall–Kier alpha value is -3.58. The highest BCUT2D eigenvalue weighted by Crippen LogP contribution is 2.38. The number of carbonyl (C=O) groups is 1. The van der Waals surface area contributed by atoms with Gasteiger partial charge in [-0.2, -0.15) is 0 Å². The van der Waals surface area contributed by atoms with Crippen molar-refractivity contribution in [3.63, 3.8) is 0 Å². The minimum Gasteiger partial charge on any atom is -0.486 e. The van der Waals surface area contributed by atoms with E-state index in [4.69, 9.17) is 9.47 Å². The maximum atomic E-state index is 13.3. The van der Waals surface area contributed by atoms with Crippen LogP contribution in [0, 0.1) is 0 Å². The second kappa shape index (κ2) is 8.04. The first-order chi connectivity index (χ1) is 14.8. The van der Waals surface area contributed by atoms with Gasteiger partial charge in [0.15, 0.2) is 16.7 Å². The average Bonchev–Trinajstić information content (AvgIpc) is 3.09. The highest BCUT2D eigenvalue weighted by Gasteiger charge is 2.34. The van der Waals surface area contributed by atoms with E-state index in [9.17, 15) is 4.79 Å². The Morgan fingerprint density at radius 3 is 2.53 bits per heavy atom. The number of hydrogen-bond acceptors (Lipinski definition) is 6. The third-order valence-electron chi connectivity index (χ3n) is 4.57. The van der Waals surface area contributed by atoms with Crippen LogP contribution in [-0.2, 0) is 4.79 Å². The van der Waals surface area contributed by atoms with Crippen molar-refractivity contribution in [3.05, 3.63) is 83.5 Å². The Labute approximate surface area is 177 Å². The van der Waals surface area contributed by atoms with E-state index >= 15 is 0 Å². The van der Waals surface area contributed by atoms with Gasteiger partial charge in [-0.3, -0.25) is 14.7 Å². The first-order valence-corrected chi connectivity index (χ1v) is 10.3. The number of amides is 1. The highest BCUT2D eigenvalue weighted by atomic mass is 32.2. The number of rotatable bonds is 3. The van der Waals surface area contributed by atoms with Crippen LogP contribution in [0.25, 0.3) is 6.08 Å². The van der Waals surface area contributed by atoms with Crippen molar-refractivity contribution in [2.45, 2.75) is 0 Å². The number of carbonyl (C=O) groups excluding carboxylic acids is 1. The maximum absolute atomic E-state index is 13.3. The molecule has 2 aliphatic rings. The molecule has 0 radical (unpaired) electrons. The summed E-state index contributed by atoms with van der Waals surface area (Å²) in [4.78, 5) is 24.2. The predicted octanol–water partition coefficient (Wildman–Crippen LogP) is 4.66. The van der Waals surface area contributed by atoms with E-state index in [-0.39, 0.29) is 5.91 Å². The molecule has 2 aromatic carbocycles.